The summed E-state index contributed by atoms with van der Waals surface area (Å²) in [6.45, 7) is 1.57. The van der Waals surface area contributed by atoms with Gasteiger partial charge in [-0.25, -0.2) is 0 Å². The van der Waals surface area contributed by atoms with Gasteiger partial charge in [-0.1, -0.05) is 0 Å². The molecule has 1 aromatic heterocycles. The van der Waals surface area contributed by atoms with Gasteiger partial charge in [-0.3, -0.25) is 4.79 Å². The molecule has 0 saturated carbocycles. The Balaban J connectivity index is 2.40. The lowest BCUT2D eigenvalue weighted by atomic mass is 10.3. The van der Waals surface area contributed by atoms with Crippen LogP contribution in [0.25, 0.3) is 0 Å². The molecule has 1 heterocycles. The highest BCUT2D eigenvalue weighted by atomic mass is 32.1. The van der Waals surface area contributed by atoms with Gasteiger partial charge in [-0.2, -0.15) is 4.37 Å². The van der Waals surface area contributed by atoms with Crippen LogP contribution in [-0.2, 0) is 4.74 Å². The van der Waals surface area contributed by atoms with E-state index in [4.69, 9.17) is 15.6 Å². The van der Waals surface area contributed by atoms with Crippen molar-refractivity contribution in [3.05, 3.63) is 5.56 Å². The number of amides is 1. The van der Waals surface area contributed by atoms with Crippen molar-refractivity contribution in [3.8, 4) is 0 Å². The summed E-state index contributed by atoms with van der Waals surface area (Å²) < 4.78 is 9.06. The van der Waals surface area contributed by atoms with E-state index >= 15 is 0 Å². The van der Waals surface area contributed by atoms with E-state index in [-0.39, 0.29) is 18.3 Å². The molecule has 0 unspecified atom stereocenters. The number of aliphatic hydroxyl groups excluding tert-OH is 1. The number of carbonyl (C=O) groups excluding carboxylic acids is 1. The number of hydrogen-bond acceptors (Lipinski definition) is 7. The standard InChI is InChI=1S/C10H18N4O3S/c1-12-9(16)7-8(11)14-18-10(7)13-3-2-5-17-6-4-15/h13,15H,2-6H2,1H3,(H2,11,14)(H,12,16). The van der Waals surface area contributed by atoms with Crippen LogP contribution in [-0.4, -0.2) is 48.8 Å². The minimum absolute atomic E-state index is 0.0274. The molecular weight excluding hydrogens is 256 g/mol. The first-order chi connectivity index (χ1) is 8.70. The molecule has 0 saturated heterocycles. The normalized spacial score (nSPS) is 10.3. The number of nitrogens with zero attached hydrogens (tertiary/aromatic N) is 1. The zero-order valence-corrected chi connectivity index (χ0v) is 11.0. The quantitative estimate of drug-likeness (QED) is 0.493. The minimum Gasteiger partial charge on any atom is -0.394 e. The van der Waals surface area contributed by atoms with Crippen LogP contribution in [0.4, 0.5) is 10.8 Å². The Morgan fingerprint density at radius 2 is 2.33 bits per heavy atom. The van der Waals surface area contributed by atoms with Crippen molar-refractivity contribution in [1.29, 1.82) is 0 Å². The second-order valence-electron chi connectivity index (χ2n) is 3.47. The number of ether oxygens (including phenoxy) is 1. The van der Waals surface area contributed by atoms with Gasteiger partial charge in [0.15, 0.2) is 5.82 Å². The fourth-order valence-corrected chi connectivity index (χ4v) is 2.05. The maximum atomic E-state index is 11.6. The molecule has 0 aliphatic carbocycles. The Morgan fingerprint density at radius 1 is 1.56 bits per heavy atom. The summed E-state index contributed by atoms with van der Waals surface area (Å²) in [6.07, 6.45) is 0.769. The third-order valence-corrected chi connectivity index (χ3v) is 2.98. The number of hydrogen-bond donors (Lipinski definition) is 4. The molecular formula is C10H18N4O3S. The van der Waals surface area contributed by atoms with E-state index in [1.807, 2.05) is 0 Å². The third kappa shape index (κ3) is 4.13. The van der Waals surface area contributed by atoms with Crippen LogP contribution in [0.3, 0.4) is 0 Å². The van der Waals surface area contributed by atoms with E-state index in [1.54, 1.807) is 7.05 Å². The third-order valence-electron chi connectivity index (χ3n) is 2.16. The molecule has 0 aromatic carbocycles. The van der Waals surface area contributed by atoms with Crippen molar-refractivity contribution in [2.24, 2.45) is 0 Å². The lowest BCUT2D eigenvalue weighted by molar-refractivity contribution is 0.0922. The fourth-order valence-electron chi connectivity index (χ4n) is 1.31. The predicted octanol–water partition coefficient (Wildman–Crippen LogP) is -0.104. The number of nitrogens with one attached hydrogen (secondary N) is 2. The van der Waals surface area contributed by atoms with Gasteiger partial charge in [0.25, 0.3) is 5.91 Å². The molecule has 1 aromatic rings. The Hall–Kier alpha value is -1.38. The molecule has 18 heavy (non-hydrogen) atoms. The summed E-state index contributed by atoms with van der Waals surface area (Å²) in [5.41, 5.74) is 6.02. The number of carbonyl (C=O) groups is 1. The molecule has 1 amide bonds. The van der Waals surface area contributed by atoms with Gasteiger partial charge >= 0.3 is 0 Å². The maximum absolute atomic E-state index is 11.6. The van der Waals surface area contributed by atoms with Gasteiger partial charge in [0.1, 0.15) is 10.6 Å². The second kappa shape index (κ2) is 7.85. The van der Waals surface area contributed by atoms with Crippen LogP contribution < -0.4 is 16.4 Å². The molecule has 8 heteroatoms. The molecule has 0 bridgehead atoms. The van der Waals surface area contributed by atoms with E-state index in [2.05, 4.69) is 15.0 Å². The van der Waals surface area contributed by atoms with Crippen LogP contribution in [0.5, 0.6) is 0 Å². The first-order valence-corrected chi connectivity index (χ1v) is 6.37. The number of anilines is 2. The lowest BCUT2D eigenvalue weighted by Crippen LogP contribution is -2.20. The summed E-state index contributed by atoms with van der Waals surface area (Å²) in [4.78, 5) is 11.6. The highest BCUT2D eigenvalue weighted by Crippen LogP contribution is 2.26. The summed E-state index contributed by atoms with van der Waals surface area (Å²) in [7, 11) is 1.55. The minimum atomic E-state index is -0.250. The van der Waals surface area contributed by atoms with E-state index in [1.165, 1.54) is 0 Å². The number of aromatic nitrogens is 1. The van der Waals surface area contributed by atoms with Gasteiger partial charge < -0.3 is 26.2 Å². The molecule has 102 valence electrons. The molecule has 0 fully saturated rings. The highest BCUT2D eigenvalue weighted by Gasteiger charge is 2.17. The van der Waals surface area contributed by atoms with E-state index in [0.29, 0.717) is 30.3 Å². The topological polar surface area (TPSA) is 110 Å². The molecule has 5 N–H and O–H groups in total. The Bertz CT molecular complexity index is 383. The van der Waals surface area contributed by atoms with Crippen LogP contribution in [0, 0.1) is 0 Å². The SMILES string of the molecule is CNC(=O)c1c(N)nsc1NCCCOCCO. The smallest absolute Gasteiger partial charge is 0.257 e. The molecule has 1 rings (SSSR count). The molecule has 0 spiro atoms. The Morgan fingerprint density at radius 3 is 3.00 bits per heavy atom. The largest absolute Gasteiger partial charge is 0.394 e. The molecule has 0 radical (unpaired) electrons. The van der Waals surface area contributed by atoms with Crippen molar-refractivity contribution in [1.82, 2.24) is 9.69 Å². The lowest BCUT2D eigenvalue weighted by Gasteiger charge is -2.06. The zero-order chi connectivity index (χ0) is 13.4. The fraction of sp³-hybridized carbons (Fsp3) is 0.600. The van der Waals surface area contributed by atoms with Crippen molar-refractivity contribution in [3.63, 3.8) is 0 Å². The van der Waals surface area contributed by atoms with Crippen molar-refractivity contribution < 1.29 is 14.6 Å². The van der Waals surface area contributed by atoms with Crippen LogP contribution >= 0.6 is 11.5 Å². The highest BCUT2D eigenvalue weighted by molar-refractivity contribution is 7.11. The number of rotatable bonds is 8. The van der Waals surface area contributed by atoms with Crippen LogP contribution in [0.2, 0.25) is 0 Å². The summed E-state index contributed by atoms with van der Waals surface area (Å²) in [5.74, 6) is -0.0151. The van der Waals surface area contributed by atoms with E-state index < -0.39 is 0 Å². The number of nitrogens with two attached hydrogens (primary N) is 1. The van der Waals surface area contributed by atoms with Crippen LogP contribution in [0.1, 0.15) is 16.8 Å². The van der Waals surface area contributed by atoms with E-state index in [0.717, 1.165) is 18.0 Å². The zero-order valence-electron chi connectivity index (χ0n) is 10.2. The Labute approximate surface area is 109 Å². The van der Waals surface area contributed by atoms with Gasteiger partial charge in [0.2, 0.25) is 0 Å². The molecule has 0 aliphatic heterocycles. The van der Waals surface area contributed by atoms with Gasteiger partial charge in [0.05, 0.1) is 13.2 Å². The first kappa shape index (κ1) is 14.7. The molecule has 7 nitrogen and oxygen atoms in total. The van der Waals surface area contributed by atoms with Crippen molar-refractivity contribution >= 4 is 28.3 Å². The van der Waals surface area contributed by atoms with Crippen molar-refractivity contribution in [2.75, 3.05) is 44.5 Å². The summed E-state index contributed by atoms with van der Waals surface area (Å²) >= 11 is 1.16. The predicted molar refractivity (Wildman–Crippen MR) is 70.9 cm³/mol. The average molecular weight is 274 g/mol. The second-order valence-corrected chi connectivity index (χ2v) is 4.24. The maximum Gasteiger partial charge on any atom is 0.257 e. The first-order valence-electron chi connectivity index (χ1n) is 5.60. The van der Waals surface area contributed by atoms with Crippen molar-refractivity contribution in [2.45, 2.75) is 6.42 Å². The number of nitrogen functional groups attached to an aromatic ring is 1. The van der Waals surface area contributed by atoms with E-state index in [9.17, 15) is 4.79 Å². The van der Waals surface area contributed by atoms with Gasteiger partial charge in [-0.15, -0.1) is 0 Å². The summed E-state index contributed by atoms with van der Waals surface area (Å²) in [6, 6.07) is 0. The van der Waals surface area contributed by atoms with Gasteiger partial charge in [0, 0.05) is 20.2 Å². The average Bonchev–Trinajstić information content (AvgIpc) is 2.74. The summed E-state index contributed by atoms with van der Waals surface area (Å²) in [5, 5.41) is 14.8. The molecule has 0 atom stereocenters. The van der Waals surface area contributed by atoms with Gasteiger partial charge in [-0.05, 0) is 18.0 Å². The van der Waals surface area contributed by atoms with Crippen LogP contribution in [0.15, 0.2) is 0 Å². The number of aliphatic hydroxyl groups is 1. The Kier molecular flexibility index (Phi) is 6.40. The monoisotopic (exact) mass is 274 g/mol. The molecule has 0 aliphatic rings.